The second-order valence-electron chi connectivity index (χ2n) is 4.54. The molecule has 3 heteroatoms. The average molecular weight is 259 g/mol. The van der Waals surface area contributed by atoms with Gasteiger partial charge in [-0.3, -0.25) is 4.98 Å². The molecule has 0 fully saturated rings. The van der Waals surface area contributed by atoms with Crippen molar-refractivity contribution in [1.29, 1.82) is 5.26 Å². The fourth-order valence-electron chi connectivity index (χ4n) is 2.21. The van der Waals surface area contributed by atoms with Crippen LogP contribution in [0.2, 0.25) is 0 Å². The quantitative estimate of drug-likeness (QED) is 0.779. The van der Waals surface area contributed by atoms with E-state index in [0.29, 0.717) is 12.1 Å². The van der Waals surface area contributed by atoms with Crippen LogP contribution >= 0.6 is 0 Å². The molecule has 0 saturated carbocycles. The molecule has 1 aromatic heterocycles. The topological polar surface area (TPSA) is 48.7 Å². The van der Waals surface area contributed by atoms with E-state index in [4.69, 9.17) is 5.26 Å². The summed E-state index contributed by atoms with van der Waals surface area (Å²) in [5.74, 6) is 0. The fraction of sp³-hybridized carbons (Fsp3) is 0.0588. The monoisotopic (exact) mass is 259 g/mol. The van der Waals surface area contributed by atoms with Gasteiger partial charge in [0.15, 0.2) is 0 Å². The zero-order valence-corrected chi connectivity index (χ0v) is 10.9. The smallest absolute Gasteiger partial charge is 0.0991 e. The highest BCUT2D eigenvalue weighted by Crippen LogP contribution is 2.21. The van der Waals surface area contributed by atoms with Crippen LogP contribution in [0, 0.1) is 11.3 Å². The first-order valence-corrected chi connectivity index (χ1v) is 6.43. The molecule has 0 atom stereocenters. The predicted molar refractivity (Wildman–Crippen MR) is 80.2 cm³/mol. The predicted octanol–water partition coefficient (Wildman–Crippen LogP) is 3.72. The molecule has 3 rings (SSSR count). The van der Waals surface area contributed by atoms with Crippen LogP contribution < -0.4 is 5.32 Å². The molecule has 0 bridgehead atoms. The summed E-state index contributed by atoms with van der Waals surface area (Å²) in [5, 5.41) is 13.4. The van der Waals surface area contributed by atoms with E-state index in [1.54, 1.807) is 6.20 Å². The zero-order chi connectivity index (χ0) is 13.8. The zero-order valence-electron chi connectivity index (χ0n) is 10.9. The van der Waals surface area contributed by atoms with Crippen LogP contribution in [-0.4, -0.2) is 4.98 Å². The number of anilines is 1. The van der Waals surface area contributed by atoms with E-state index in [-0.39, 0.29) is 0 Å². The first-order chi connectivity index (χ1) is 9.86. The SMILES string of the molecule is N#Cc1cccc(CNc2cccc3ncccc23)c1. The van der Waals surface area contributed by atoms with E-state index in [0.717, 1.165) is 22.2 Å². The number of benzene rings is 2. The Balaban J connectivity index is 1.85. The van der Waals surface area contributed by atoms with Gasteiger partial charge in [-0.1, -0.05) is 18.2 Å². The van der Waals surface area contributed by atoms with E-state index >= 15 is 0 Å². The third-order valence-electron chi connectivity index (χ3n) is 3.18. The number of pyridine rings is 1. The molecule has 0 radical (unpaired) electrons. The van der Waals surface area contributed by atoms with Crippen molar-refractivity contribution >= 4 is 16.6 Å². The second-order valence-corrected chi connectivity index (χ2v) is 4.54. The molecule has 0 aliphatic heterocycles. The molecule has 0 unspecified atom stereocenters. The Bertz CT molecular complexity index is 782. The molecule has 1 heterocycles. The van der Waals surface area contributed by atoms with Crippen LogP contribution in [0.5, 0.6) is 0 Å². The number of nitrogens with zero attached hydrogens (tertiary/aromatic N) is 2. The lowest BCUT2D eigenvalue weighted by molar-refractivity contribution is 1.15. The minimum absolute atomic E-state index is 0.684. The van der Waals surface area contributed by atoms with Crippen LogP contribution in [0.25, 0.3) is 10.9 Å². The van der Waals surface area contributed by atoms with E-state index < -0.39 is 0 Å². The Hall–Kier alpha value is -2.86. The van der Waals surface area contributed by atoms with Gasteiger partial charge in [-0.05, 0) is 42.0 Å². The number of hydrogen-bond donors (Lipinski definition) is 1. The third-order valence-corrected chi connectivity index (χ3v) is 3.18. The maximum atomic E-state index is 8.91. The number of nitriles is 1. The summed E-state index contributed by atoms with van der Waals surface area (Å²) in [7, 11) is 0. The van der Waals surface area contributed by atoms with Gasteiger partial charge < -0.3 is 5.32 Å². The molecule has 20 heavy (non-hydrogen) atoms. The van der Waals surface area contributed by atoms with Gasteiger partial charge in [0.2, 0.25) is 0 Å². The number of fused-ring (bicyclic) bond motifs is 1. The summed E-state index contributed by atoms with van der Waals surface area (Å²) in [6, 6.07) is 19.8. The van der Waals surface area contributed by atoms with Crippen LogP contribution in [0.15, 0.2) is 60.8 Å². The first kappa shape index (κ1) is 12.2. The minimum atomic E-state index is 0.684. The van der Waals surface area contributed by atoms with Crippen LogP contribution in [0.4, 0.5) is 5.69 Å². The fourth-order valence-corrected chi connectivity index (χ4v) is 2.21. The summed E-state index contributed by atoms with van der Waals surface area (Å²) in [4.78, 5) is 4.34. The molecule has 2 aromatic carbocycles. The average Bonchev–Trinajstić information content (AvgIpc) is 2.53. The van der Waals surface area contributed by atoms with E-state index in [9.17, 15) is 0 Å². The minimum Gasteiger partial charge on any atom is -0.380 e. The Morgan fingerprint density at radius 3 is 2.85 bits per heavy atom. The van der Waals surface area contributed by atoms with Gasteiger partial charge in [0.25, 0.3) is 0 Å². The number of nitrogens with one attached hydrogen (secondary N) is 1. The molecular weight excluding hydrogens is 246 g/mol. The van der Waals surface area contributed by atoms with Crippen LogP contribution in [-0.2, 0) is 6.54 Å². The number of aromatic nitrogens is 1. The highest BCUT2D eigenvalue weighted by molar-refractivity contribution is 5.91. The van der Waals surface area contributed by atoms with E-state index in [1.807, 2.05) is 48.5 Å². The summed E-state index contributed by atoms with van der Waals surface area (Å²) < 4.78 is 0. The molecule has 0 amide bonds. The summed E-state index contributed by atoms with van der Waals surface area (Å²) in [5.41, 5.74) is 3.80. The van der Waals surface area contributed by atoms with Crippen molar-refractivity contribution in [1.82, 2.24) is 4.98 Å². The van der Waals surface area contributed by atoms with Crippen molar-refractivity contribution in [3.05, 3.63) is 71.9 Å². The molecule has 0 saturated heterocycles. The summed E-state index contributed by atoms with van der Waals surface area (Å²) >= 11 is 0. The lowest BCUT2D eigenvalue weighted by Gasteiger charge is -2.09. The highest BCUT2D eigenvalue weighted by Gasteiger charge is 2.01. The van der Waals surface area contributed by atoms with Crippen molar-refractivity contribution in [2.24, 2.45) is 0 Å². The molecule has 96 valence electrons. The Morgan fingerprint density at radius 2 is 1.95 bits per heavy atom. The number of rotatable bonds is 3. The molecule has 0 aliphatic carbocycles. The van der Waals surface area contributed by atoms with Gasteiger partial charge in [-0.2, -0.15) is 5.26 Å². The van der Waals surface area contributed by atoms with Crippen LogP contribution in [0.1, 0.15) is 11.1 Å². The van der Waals surface area contributed by atoms with Crippen molar-refractivity contribution < 1.29 is 0 Å². The first-order valence-electron chi connectivity index (χ1n) is 6.43. The van der Waals surface area contributed by atoms with Gasteiger partial charge in [0.1, 0.15) is 0 Å². The third kappa shape index (κ3) is 2.45. The molecule has 3 aromatic rings. The van der Waals surface area contributed by atoms with Gasteiger partial charge in [-0.25, -0.2) is 0 Å². The van der Waals surface area contributed by atoms with Crippen LogP contribution in [0.3, 0.4) is 0 Å². The normalized spacial score (nSPS) is 10.2. The molecule has 1 N–H and O–H groups in total. The largest absolute Gasteiger partial charge is 0.380 e. The van der Waals surface area contributed by atoms with Crippen molar-refractivity contribution in [3.8, 4) is 6.07 Å². The lowest BCUT2D eigenvalue weighted by atomic mass is 10.1. The van der Waals surface area contributed by atoms with Crippen molar-refractivity contribution in [2.45, 2.75) is 6.54 Å². The second kappa shape index (κ2) is 5.41. The molecular formula is C17H13N3. The Labute approximate surface area is 117 Å². The lowest BCUT2D eigenvalue weighted by Crippen LogP contribution is -2.00. The molecule has 0 spiro atoms. The number of hydrogen-bond acceptors (Lipinski definition) is 3. The molecule has 0 aliphatic rings. The maximum absolute atomic E-state index is 8.91. The van der Waals surface area contributed by atoms with Crippen molar-refractivity contribution in [3.63, 3.8) is 0 Å². The van der Waals surface area contributed by atoms with E-state index in [1.165, 1.54) is 0 Å². The summed E-state index contributed by atoms with van der Waals surface area (Å²) in [6.45, 7) is 0.684. The van der Waals surface area contributed by atoms with Gasteiger partial charge >= 0.3 is 0 Å². The Kier molecular flexibility index (Phi) is 3.30. The highest BCUT2D eigenvalue weighted by atomic mass is 14.9. The maximum Gasteiger partial charge on any atom is 0.0991 e. The van der Waals surface area contributed by atoms with Gasteiger partial charge in [0.05, 0.1) is 17.1 Å². The van der Waals surface area contributed by atoms with Gasteiger partial charge in [-0.15, -0.1) is 0 Å². The van der Waals surface area contributed by atoms with Crippen molar-refractivity contribution in [2.75, 3.05) is 5.32 Å². The standard InChI is InChI=1S/C17H13N3/c18-11-13-4-1-5-14(10-13)12-20-17-8-2-7-16-15(17)6-3-9-19-16/h1-10,20H,12H2. The summed E-state index contributed by atoms with van der Waals surface area (Å²) in [6.07, 6.45) is 1.79. The Morgan fingerprint density at radius 1 is 1.05 bits per heavy atom. The molecule has 3 nitrogen and oxygen atoms in total. The van der Waals surface area contributed by atoms with Gasteiger partial charge in [0, 0.05) is 23.8 Å². The van der Waals surface area contributed by atoms with E-state index in [2.05, 4.69) is 22.4 Å².